The Kier molecular flexibility index (Phi) is 3.99. The fourth-order valence-corrected chi connectivity index (χ4v) is 1.69. The molecule has 0 aliphatic rings. The molecule has 0 aliphatic heterocycles. The van der Waals surface area contributed by atoms with Crippen LogP contribution in [0.4, 0.5) is 0 Å². The second-order valence-corrected chi connectivity index (χ2v) is 4.07. The van der Waals surface area contributed by atoms with Crippen LogP contribution in [-0.2, 0) is 0 Å². The van der Waals surface area contributed by atoms with Crippen LogP contribution < -0.4 is 4.74 Å². The maximum absolute atomic E-state index is 11.8. The lowest BCUT2D eigenvalue weighted by molar-refractivity contribution is 0.0650. The number of benzene rings is 2. The van der Waals surface area contributed by atoms with E-state index in [9.17, 15) is 14.4 Å². The molecule has 0 fully saturated rings. The molecule has 0 aromatic heterocycles. The van der Waals surface area contributed by atoms with Crippen molar-refractivity contribution in [2.45, 2.75) is 0 Å². The number of ether oxygens (including phenoxy) is 1. The summed E-state index contributed by atoms with van der Waals surface area (Å²) in [6, 6.07) is 11.5. The molecule has 0 spiro atoms. The summed E-state index contributed by atoms with van der Waals surface area (Å²) in [6.07, 6.45) is 0. The summed E-state index contributed by atoms with van der Waals surface area (Å²) in [5.74, 6) is -3.47. The average Bonchev–Trinajstić information content (AvgIpc) is 2.47. The highest BCUT2D eigenvalue weighted by molar-refractivity contribution is 6.02. The van der Waals surface area contributed by atoms with Crippen molar-refractivity contribution in [2.24, 2.45) is 0 Å². The van der Waals surface area contributed by atoms with E-state index in [4.69, 9.17) is 14.9 Å². The Bertz CT molecular complexity index is 705. The van der Waals surface area contributed by atoms with Crippen LogP contribution in [0.5, 0.6) is 5.75 Å². The molecule has 2 aromatic carbocycles. The van der Waals surface area contributed by atoms with Gasteiger partial charge in [0.05, 0.1) is 16.7 Å². The molecule has 0 amide bonds. The molecule has 2 rings (SSSR count). The molecule has 0 unspecified atom stereocenters. The first-order chi connectivity index (χ1) is 9.99. The summed E-state index contributed by atoms with van der Waals surface area (Å²) >= 11 is 0. The topological polar surface area (TPSA) is 101 Å². The molecule has 6 heteroatoms. The van der Waals surface area contributed by atoms with Crippen molar-refractivity contribution in [3.05, 3.63) is 65.2 Å². The van der Waals surface area contributed by atoms with Gasteiger partial charge in [0.15, 0.2) is 0 Å². The molecular formula is C15H10O6. The minimum absolute atomic E-state index is 0.0359. The van der Waals surface area contributed by atoms with Crippen molar-refractivity contribution < 1.29 is 29.3 Å². The van der Waals surface area contributed by atoms with E-state index in [2.05, 4.69) is 0 Å². The lowest BCUT2D eigenvalue weighted by Gasteiger charge is -2.07. The zero-order valence-corrected chi connectivity index (χ0v) is 10.6. The van der Waals surface area contributed by atoms with E-state index in [0.717, 1.165) is 12.1 Å². The van der Waals surface area contributed by atoms with Crippen molar-refractivity contribution >= 4 is 17.9 Å². The Balaban J connectivity index is 2.30. The molecule has 2 aromatic rings. The molecule has 0 heterocycles. The second kappa shape index (κ2) is 5.87. The van der Waals surface area contributed by atoms with Crippen molar-refractivity contribution in [2.75, 3.05) is 0 Å². The molecular weight excluding hydrogens is 276 g/mol. The van der Waals surface area contributed by atoms with Crippen molar-refractivity contribution in [3.8, 4) is 5.75 Å². The first-order valence-electron chi connectivity index (χ1n) is 5.87. The standard InChI is InChI=1S/C15H10O6/c16-13(17)11-7-6-10(8-12(11)14(18)19)21-15(20)9-4-2-1-3-5-9/h1-8H,(H,16,17)(H,18,19). The smallest absolute Gasteiger partial charge is 0.343 e. The number of esters is 1. The molecule has 6 nitrogen and oxygen atoms in total. The minimum atomic E-state index is -1.41. The lowest BCUT2D eigenvalue weighted by Crippen LogP contribution is -2.11. The third-order valence-corrected chi connectivity index (χ3v) is 2.67. The zero-order valence-electron chi connectivity index (χ0n) is 10.6. The van der Waals surface area contributed by atoms with Crippen molar-refractivity contribution in [3.63, 3.8) is 0 Å². The fraction of sp³-hybridized carbons (Fsp3) is 0. The highest BCUT2D eigenvalue weighted by Crippen LogP contribution is 2.19. The second-order valence-electron chi connectivity index (χ2n) is 4.07. The van der Waals surface area contributed by atoms with E-state index in [1.54, 1.807) is 30.3 Å². The molecule has 0 saturated carbocycles. The van der Waals surface area contributed by atoms with E-state index in [-0.39, 0.29) is 11.3 Å². The maximum atomic E-state index is 11.8. The summed E-state index contributed by atoms with van der Waals surface area (Å²) in [4.78, 5) is 33.8. The number of hydrogen-bond acceptors (Lipinski definition) is 4. The van der Waals surface area contributed by atoms with Gasteiger partial charge in [-0.05, 0) is 30.3 Å². The van der Waals surface area contributed by atoms with Gasteiger partial charge < -0.3 is 14.9 Å². The highest BCUT2D eigenvalue weighted by atomic mass is 16.5. The first-order valence-corrected chi connectivity index (χ1v) is 5.87. The zero-order chi connectivity index (χ0) is 15.4. The molecule has 2 N–H and O–H groups in total. The largest absolute Gasteiger partial charge is 0.478 e. The molecule has 0 radical (unpaired) electrons. The van der Waals surface area contributed by atoms with Crippen LogP contribution in [0.3, 0.4) is 0 Å². The van der Waals surface area contributed by atoms with Gasteiger partial charge in [-0.25, -0.2) is 14.4 Å². The lowest BCUT2D eigenvalue weighted by atomic mass is 10.1. The predicted molar refractivity (Wildman–Crippen MR) is 71.8 cm³/mol. The van der Waals surface area contributed by atoms with Gasteiger partial charge in [0.2, 0.25) is 0 Å². The summed E-state index contributed by atoms with van der Waals surface area (Å²) in [6.45, 7) is 0. The van der Waals surface area contributed by atoms with E-state index in [1.165, 1.54) is 6.07 Å². The first kappa shape index (κ1) is 14.3. The Morgan fingerprint density at radius 1 is 0.810 bits per heavy atom. The van der Waals surface area contributed by atoms with Crippen LogP contribution in [0.15, 0.2) is 48.5 Å². The minimum Gasteiger partial charge on any atom is -0.478 e. The number of rotatable bonds is 4. The monoisotopic (exact) mass is 286 g/mol. The predicted octanol–water partition coefficient (Wildman–Crippen LogP) is 2.30. The number of carboxylic acids is 2. The number of aromatic carboxylic acids is 2. The number of carbonyl (C=O) groups is 3. The Labute approximate surface area is 119 Å². The number of carboxylic acid groups (broad SMARTS) is 2. The normalized spacial score (nSPS) is 9.90. The average molecular weight is 286 g/mol. The summed E-state index contributed by atoms with van der Waals surface area (Å²) in [5, 5.41) is 17.9. The highest BCUT2D eigenvalue weighted by Gasteiger charge is 2.18. The third-order valence-electron chi connectivity index (χ3n) is 2.67. The summed E-state index contributed by atoms with van der Waals surface area (Å²) in [7, 11) is 0. The Hall–Kier alpha value is -3.15. The van der Waals surface area contributed by atoms with Crippen molar-refractivity contribution in [1.29, 1.82) is 0 Å². The summed E-state index contributed by atoms with van der Waals surface area (Å²) < 4.78 is 5.03. The van der Waals surface area contributed by atoms with Gasteiger partial charge in [0.1, 0.15) is 5.75 Å². The molecule has 21 heavy (non-hydrogen) atoms. The van der Waals surface area contributed by atoms with Gasteiger partial charge in [-0.1, -0.05) is 18.2 Å². The van der Waals surface area contributed by atoms with Gasteiger partial charge in [0.25, 0.3) is 0 Å². The molecule has 106 valence electrons. The van der Waals surface area contributed by atoms with Crippen LogP contribution in [0.2, 0.25) is 0 Å². The number of carbonyl (C=O) groups excluding carboxylic acids is 1. The van der Waals surface area contributed by atoms with Crippen LogP contribution in [0.25, 0.3) is 0 Å². The molecule has 0 bridgehead atoms. The third kappa shape index (κ3) is 3.24. The summed E-state index contributed by atoms with van der Waals surface area (Å²) in [5.41, 5.74) is -0.514. The molecule has 0 atom stereocenters. The van der Waals surface area contributed by atoms with E-state index < -0.39 is 23.5 Å². The van der Waals surface area contributed by atoms with Crippen LogP contribution in [-0.4, -0.2) is 28.1 Å². The van der Waals surface area contributed by atoms with Crippen LogP contribution in [0.1, 0.15) is 31.1 Å². The van der Waals surface area contributed by atoms with Gasteiger partial charge in [-0.15, -0.1) is 0 Å². The van der Waals surface area contributed by atoms with Gasteiger partial charge in [0, 0.05) is 0 Å². The molecule has 0 aliphatic carbocycles. The quantitative estimate of drug-likeness (QED) is 0.660. The van der Waals surface area contributed by atoms with Gasteiger partial charge in [-0.2, -0.15) is 0 Å². The van der Waals surface area contributed by atoms with Gasteiger partial charge >= 0.3 is 17.9 Å². The van der Waals surface area contributed by atoms with Crippen LogP contribution >= 0.6 is 0 Å². The maximum Gasteiger partial charge on any atom is 0.343 e. The molecule has 0 saturated heterocycles. The Morgan fingerprint density at radius 3 is 2.00 bits per heavy atom. The van der Waals surface area contributed by atoms with E-state index in [0.29, 0.717) is 5.56 Å². The van der Waals surface area contributed by atoms with Crippen LogP contribution in [0, 0.1) is 0 Å². The van der Waals surface area contributed by atoms with E-state index >= 15 is 0 Å². The Morgan fingerprint density at radius 2 is 1.43 bits per heavy atom. The SMILES string of the molecule is O=C(Oc1ccc(C(=O)O)c(C(=O)O)c1)c1ccccc1. The fourth-order valence-electron chi connectivity index (χ4n) is 1.69. The number of hydrogen-bond donors (Lipinski definition) is 2. The van der Waals surface area contributed by atoms with Gasteiger partial charge in [-0.3, -0.25) is 0 Å². The van der Waals surface area contributed by atoms with E-state index in [1.807, 2.05) is 0 Å². The van der Waals surface area contributed by atoms with Crippen molar-refractivity contribution in [1.82, 2.24) is 0 Å².